The lowest BCUT2D eigenvalue weighted by atomic mass is 10.3. The molecule has 2 aromatic rings. The van der Waals surface area contributed by atoms with Crippen LogP contribution in [0.3, 0.4) is 0 Å². The predicted molar refractivity (Wildman–Crippen MR) is 91.1 cm³/mol. The number of carbonyl (C=O) groups is 1. The Morgan fingerprint density at radius 2 is 1.88 bits per heavy atom. The Labute approximate surface area is 145 Å². The van der Waals surface area contributed by atoms with Gasteiger partial charge in [0.05, 0.1) is 25.1 Å². The number of urea groups is 1. The average Bonchev–Trinajstić information content (AvgIpc) is 3.25. The van der Waals surface area contributed by atoms with Gasteiger partial charge in [-0.15, -0.1) is 0 Å². The highest BCUT2D eigenvalue weighted by molar-refractivity contribution is 5.74. The van der Waals surface area contributed by atoms with E-state index in [2.05, 4.69) is 9.97 Å². The summed E-state index contributed by atoms with van der Waals surface area (Å²) in [5.41, 5.74) is 0.653. The van der Waals surface area contributed by atoms with Crippen molar-refractivity contribution >= 4 is 6.03 Å². The number of hydrogen-bond donors (Lipinski definition) is 0. The van der Waals surface area contributed by atoms with E-state index in [4.69, 9.17) is 0 Å². The predicted octanol–water partition coefficient (Wildman–Crippen LogP) is 0.910. The van der Waals surface area contributed by atoms with E-state index in [1.165, 1.54) is 0 Å². The molecule has 4 rings (SSSR count). The Balaban J connectivity index is 1.59. The summed E-state index contributed by atoms with van der Waals surface area (Å²) in [5, 5.41) is 0. The number of amides is 2. The van der Waals surface area contributed by atoms with Crippen LogP contribution in [0, 0.1) is 0 Å². The molecule has 1 saturated heterocycles. The minimum atomic E-state index is -0.0458. The van der Waals surface area contributed by atoms with E-state index in [0.29, 0.717) is 37.7 Å². The van der Waals surface area contributed by atoms with Crippen molar-refractivity contribution in [2.75, 3.05) is 19.6 Å². The van der Waals surface area contributed by atoms with Gasteiger partial charge in [0.2, 0.25) is 0 Å². The fourth-order valence-corrected chi connectivity index (χ4v) is 3.56. The zero-order valence-electron chi connectivity index (χ0n) is 14.2. The third-order valence-electron chi connectivity index (χ3n) is 4.83. The van der Waals surface area contributed by atoms with Crippen LogP contribution in [-0.4, -0.2) is 54.6 Å². The van der Waals surface area contributed by atoms with Gasteiger partial charge in [-0.3, -0.25) is 9.36 Å². The summed E-state index contributed by atoms with van der Waals surface area (Å²) < 4.78 is 3.58. The van der Waals surface area contributed by atoms with Gasteiger partial charge in [-0.2, -0.15) is 0 Å². The van der Waals surface area contributed by atoms with E-state index in [9.17, 15) is 9.59 Å². The number of nitrogens with zero attached hydrogens (tertiary/aromatic N) is 6. The number of hydrogen-bond acceptors (Lipinski definition) is 4. The van der Waals surface area contributed by atoms with Gasteiger partial charge in [-0.25, -0.2) is 14.8 Å². The molecule has 0 unspecified atom stereocenters. The quantitative estimate of drug-likeness (QED) is 0.813. The van der Waals surface area contributed by atoms with Crippen molar-refractivity contribution in [2.24, 2.45) is 0 Å². The van der Waals surface area contributed by atoms with Crippen molar-refractivity contribution in [3.05, 3.63) is 46.7 Å². The van der Waals surface area contributed by atoms with Gasteiger partial charge in [0.1, 0.15) is 5.82 Å². The standard InChI is InChI=1S/C17H22N6O2/c24-16-10-14(11-20-9-4-18-13-20)19-15-12-22(7-3-8-23(15)16)17(25)21-5-1-2-6-21/h4,9-10,13H,1-3,5-8,11-12H2. The van der Waals surface area contributed by atoms with E-state index < -0.39 is 0 Å². The summed E-state index contributed by atoms with van der Waals surface area (Å²) in [6.45, 7) is 3.82. The number of carbonyl (C=O) groups excluding carboxylic acids is 1. The first-order chi connectivity index (χ1) is 12.2. The maximum Gasteiger partial charge on any atom is 0.320 e. The van der Waals surface area contributed by atoms with Crippen LogP contribution < -0.4 is 5.56 Å². The van der Waals surface area contributed by atoms with E-state index in [1.807, 2.05) is 20.6 Å². The maximum atomic E-state index is 12.7. The highest BCUT2D eigenvalue weighted by Crippen LogP contribution is 2.15. The first kappa shape index (κ1) is 15.9. The zero-order chi connectivity index (χ0) is 17.2. The molecule has 132 valence electrons. The largest absolute Gasteiger partial charge is 0.331 e. The van der Waals surface area contributed by atoms with Crippen molar-refractivity contribution in [3.8, 4) is 0 Å². The smallest absolute Gasteiger partial charge is 0.320 e. The van der Waals surface area contributed by atoms with Gasteiger partial charge in [0.25, 0.3) is 5.56 Å². The van der Waals surface area contributed by atoms with E-state index in [-0.39, 0.29) is 11.6 Å². The summed E-state index contributed by atoms with van der Waals surface area (Å²) in [4.78, 5) is 37.6. The second-order valence-electron chi connectivity index (χ2n) is 6.64. The van der Waals surface area contributed by atoms with E-state index in [0.717, 1.165) is 32.4 Å². The minimum Gasteiger partial charge on any atom is -0.331 e. The van der Waals surface area contributed by atoms with Crippen LogP contribution >= 0.6 is 0 Å². The zero-order valence-corrected chi connectivity index (χ0v) is 14.2. The van der Waals surface area contributed by atoms with Crippen molar-refractivity contribution in [3.63, 3.8) is 0 Å². The molecule has 0 aliphatic carbocycles. The lowest BCUT2D eigenvalue weighted by molar-refractivity contribution is 0.160. The minimum absolute atomic E-state index is 0.0458. The molecule has 4 heterocycles. The van der Waals surface area contributed by atoms with Crippen molar-refractivity contribution < 1.29 is 4.79 Å². The normalized spacial score (nSPS) is 17.4. The Morgan fingerprint density at radius 1 is 1.08 bits per heavy atom. The second kappa shape index (κ2) is 6.70. The topological polar surface area (TPSA) is 76.3 Å². The van der Waals surface area contributed by atoms with Gasteiger partial charge in [0.15, 0.2) is 0 Å². The van der Waals surface area contributed by atoms with Gasteiger partial charge < -0.3 is 14.4 Å². The summed E-state index contributed by atoms with van der Waals surface area (Å²) in [6, 6.07) is 1.65. The lowest BCUT2D eigenvalue weighted by Gasteiger charge is -2.26. The molecular formula is C17H22N6O2. The number of likely N-dealkylation sites (tertiary alicyclic amines) is 1. The van der Waals surface area contributed by atoms with Crippen LogP contribution in [0.2, 0.25) is 0 Å². The molecule has 0 saturated carbocycles. The van der Waals surface area contributed by atoms with Gasteiger partial charge in [-0.05, 0) is 19.3 Å². The monoisotopic (exact) mass is 342 g/mol. The van der Waals surface area contributed by atoms with Crippen molar-refractivity contribution in [1.29, 1.82) is 0 Å². The van der Waals surface area contributed by atoms with Crippen LogP contribution in [0.4, 0.5) is 4.79 Å². The molecule has 0 bridgehead atoms. The fraction of sp³-hybridized carbons (Fsp3) is 0.529. The third kappa shape index (κ3) is 3.29. The molecule has 25 heavy (non-hydrogen) atoms. The summed E-state index contributed by atoms with van der Waals surface area (Å²) in [6.07, 6.45) is 8.16. The highest BCUT2D eigenvalue weighted by Gasteiger charge is 2.26. The summed E-state index contributed by atoms with van der Waals surface area (Å²) in [7, 11) is 0. The lowest BCUT2D eigenvalue weighted by Crippen LogP contribution is -2.41. The molecule has 0 atom stereocenters. The Morgan fingerprint density at radius 3 is 2.64 bits per heavy atom. The maximum absolute atomic E-state index is 12.7. The van der Waals surface area contributed by atoms with Crippen LogP contribution in [0.1, 0.15) is 30.8 Å². The van der Waals surface area contributed by atoms with Crippen LogP contribution in [0.5, 0.6) is 0 Å². The van der Waals surface area contributed by atoms with E-state index in [1.54, 1.807) is 23.2 Å². The van der Waals surface area contributed by atoms with Gasteiger partial charge in [-0.1, -0.05) is 0 Å². The number of rotatable bonds is 2. The molecule has 8 heteroatoms. The first-order valence-electron chi connectivity index (χ1n) is 8.80. The molecule has 0 radical (unpaired) electrons. The van der Waals surface area contributed by atoms with E-state index >= 15 is 0 Å². The molecule has 8 nitrogen and oxygen atoms in total. The van der Waals surface area contributed by atoms with Crippen LogP contribution in [0.25, 0.3) is 0 Å². The molecule has 2 amide bonds. The second-order valence-corrected chi connectivity index (χ2v) is 6.64. The van der Waals surface area contributed by atoms with Crippen molar-refractivity contribution in [2.45, 2.75) is 38.9 Å². The molecule has 1 fully saturated rings. The molecule has 0 aromatic carbocycles. The number of imidazole rings is 1. The highest BCUT2D eigenvalue weighted by atomic mass is 16.2. The number of fused-ring (bicyclic) bond motifs is 1. The SMILES string of the molecule is O=C(N1CCCC1)N1CCCn2c(nc(Cn3ccnc3)cc2=O)C1. The Hall–Kier alpha value is -2.64. The Kier molecular flexibility index (Phi) is 4.25. The van der Waals surface area contributed by atoms with Gasteiger partial charge >= 0.3 is 6.03 Å². The van der Waals surface area contributed by atoms with Crippen LogP contribution in [0.15, 0.2) is 29.6 Å². The Bertz CT molecular complexity index is 807. The first-order valence-corrected chi connectivity index (χ1v) is 8.80. The molecule has 2 aromatic heterocycles. The molecule has 2 aliphatic heterocycles. The summed E-state index contributed by atoms with van der Waals surface area (Å²) in [5.74, 6) is 0.674. The van der Waals surface area contributed by atoms with Crippen molar-refractivity contribution in [1.82, 2.24) is 28.9 Å². The summed E-state index contributed by atoms with van der Waals surface area (Å²) >= 11 is 0. The van der Waals surface area contributed by atoms with Gasteiger partial charge in [0, 0.05) is 44.6 Å². The third-order valence-corrected chi connectivity index (χ3v) is 4.83. The fourth-order valence-electron chi connectivity index (χ4n) is 3.56. The number of aromatic nitrogens is 4. The molecule has 2 aliphatic rings. The molecule has 0 spiro atoms. The molecular weight excluding hydrogens is 320 g/mol. The molecule has 0 N–H and O–H groups in total. The average molecular weight is 342 g/mol. The van der Waals surface area contributed by atoms with Crippen LogP contribution in [-0.2, 0) is 19.6 Å².